The molecule has 5 heteroatoms. The Morgan fingerprint density at radius 3 is 2.72 bits per heavy atom. The number of hydrogen-bond acceptors (Lipinski definition) is 4. The van der Waals surface area contributed by atoms with Crippen LogP contribution >= 0.6 is 0 Å². The van der Waals surface area contributed by atoms with Crippen molar-refractivity contribution in [2.45, 2.75) is 26.4 Å². The molecule has 146 valence electrons. The molecular formula is C24H22N2O3. The number of ether oxygens (including phenoxy) is 1. The van der Waals surface area contributed by atoms with Gasteiger partial charge in [0.05, 0.1) is 29.0 Å². The number of aliphatic hydroxyl groups excluding tert-OH is 1. The number of carbonyl (C=O) groups excluding carboxylic acids is 1. The molecule has 0 saturated carbocycles. The van der Waals surface area contributed by atoms with Crippen LogP contribution in [0, 0.1) is 5.92 Å². The standard InChI is InChI=1S/C24H22N2O3/c1-24(2,3)29-23(28)26-19-7-5-4-6-15(19)22-20(26)11-10-18-21(22)16-12-14(13-27)8-9-17(16)25-18/h4-12,14,27H,13H2,1-3H3. The number of allylic oxidation sites excluding steroid dienone is 2. The predicted octanol–water partition coefficient (Wildman–Crippen LogP) is 5.23. The third-order valence-corrected chi connectivity index (χ3v) is 5.27. The van der Waals surface area contributed by atoms with Crippen molar-refractivity contribution in [3.05, 3.63) is 60.2 Å². The molecule has 1 aliphatic carbocycles. The van der Waals surface area contributed by atoms with Crippen LogP contribution in [0.1, 0.15) is 26.3 Å². The van der Waals surface area contributed by atoms with Gasteiger partial charge in [-0.05, 0) is 45.0 Å². The fourth-order valence-corrected chi connectivity index (χ4v) is 4.13. The SMILES string of the molecule is CC(C)(C)OC(=O)n1c2ccccc2c2c3c(ccc21)N=C1C=CC(CO)C=C13. The van der Waals surface area contributed by atoms with E-state index in [1.54, 1.807) is 4.57 Å². The second-order valence-corrected chi connectivity index (χ2v) is 8.47. The highest BCUT2D eigenvalue weighted by atomic mass is 16.6. The maximum atomic E-state index is 13.1. The van der Waals surface area contributed by atoms with Crippen molar-refractivity contribution in [1.82, 2.24) is 4.57 Å². The second kappa shape index (κ2) is 6.16. The molecule has 0 bridgehead atoms. The van der Waals surface area contributed by atoms with Crippen molar-refractivity contribution in [3.8, 4) is 0 Å². The minimum absolute atomic E-state index is 0.0376. The highest BCUT2D eigenvalue weighted by Gasteiger charge is 2.29. The van der Waals surface area contributed by atoms with E-state index in [1.165, 1.54) is 0 Å². The summed E-state index contributed by atoms with van der Waals surface area (Å²) in [5, 5.41) is 11.6. The minimum atomic E-state index is -0.590. The maximum Gasteiger partial charge on any atom is 0.419 e. The van der Waals surface area contributed by atoms with E-state index in [9.17, 15) is 9.90 Å². The molecule has 1 aromatic heterocycles. The van der Waals surface area contributed by atoms with Crippen molar-refractivity contribution in [1.29, 1.82) is 0 Å². The molecule has 0 amide bonds. The van der Waals surface area contributed by atoms with Gasteiger partial charge in [-0.25, -0.2) is 14.4 Å². The van der Waals surface area contributed by atoms with E-state index in [0.717, 1.165) is 44.3 Å². The summed E-state index contributed by atoms with van der Waals surface area (Å²) in [5.41, 5.74) is 4.82. The van der Waals surface area contributed by atoms with Gasteiger partial charge in [0, 0.05) is 27.8 Å². The highest BCUT2D eigenvalue weighted by molar-refractivity contribution is 6.38. The Labute approximate surface area is 168 Å². The summed E-state index contributed by atoms with van der Waals surface area (Å²) in [7, 11) is 0. The normalized spacial score (nSPS) is 17.9. The van der Waals surface area contributed by atoms with Crippen LogP contribution < -0.4 is 0 Å². The predicted molar refractivity (Wildman–Crippen MR) is 116 cm³/mol. The van der Waals surface area contributed by atoms with Crippen molar-refractivity contribution in [2.75, 3.05) is 6.61 Å². The first-order valence-corrected chi connectivity index (χ1v) is 9.77. The first-order valence-electron chi connectivity index (χ1n) is 9.77. The largest absolute Gasteiger partial charge is 0.443 e. The Morgan fingerprint density at radius 1 is 1.17 bits per heavy atom. The van der Waals surface area contributed by atoms with E-state index in [1.807, 2.05) is 69.3 Å². The number of benzene rings is 2. The number of aliphatic imine (C=N–C) groups is 1. The Balaban J connectivity index is 1.82. The van der Waals surface area contributed by atoms with Crippen molar-refractivity contribution >= 4 is 44.9 Å². The number of fused-ring (bicyclic) bond motifs is 7. The molecule has 3 aromatic rings. The van der Waals surface area contributed by atoms with Crippen molar-refractivity contribution in [3.63, 3.8) is 0 Å². The van der Waals surface area contributed by atoms with Gasteiger partial charge in [0.1, 0.15) is 5.60 Å². The van der Waals surface area contributed by atoms with E-state index in [-0.39, 0.29) is 12.5 Å². The van der Waals surface area contributed by atoms with Crippen molar-refractivity contribution < 1.29 is 14.6 Å². The Bertz CT molecular complexity index is 1270. The van der Waals surface area contributed by atoms with Gasteiger partial charge in [0.25, 0.3) is 0 Å². The fourth-order valence-electron chi connectivity index (χ4n) is 4.13. The topological polar surface area (TPSA) is 63.8 Å². The van der Waals surface area contributed by atoms with Crippen LogP contribution in [0.15, 0.2) is 59.6 Å². The average molecular weight is 386 g/mol. The summed E-state index contributed by atoms with van der Waals surface area (Å²) in [6, 6.07) is 11.8. The lowest BCUT2D eigenvalue weighted by molar-refractivity contribution is 0.0551. The first kappa shape index (κ1) is 17.9. The number of aliphatic hydroxyl groups is 1. The van der Waals surface area contributed by atoms with Crippen LogP contribution in [0.2, 0.25) is 0 Å². The van der Waals surface area contributed by atoms with Gasteiger partial charge in [-0.2, -0.15) is 0 Å². The van der Waals surface area contributed by atoms with Gasteiger partial charge in [-0.15, -0.1) is 0 Å². The summed E-state index contributed by atoms with van der Waals surface area (Å²) < 4.78 is 7.35. The summed E-state index contributed by atoms with van der Waals surface area (Å²) in [4.78, 5) is 17.9. The number of rotatable bonds is 1. The lowest BCUT2D eigenvalue weighted by atomic mass is 9.90. The Hall–Kier alpha value is -3.18. The molecule has 2 aliphatic rings. The van der Waals surface area contributed by atoms with E-state index >= 15 is 0 Å². The molecule has 0 fully saturated rings. The fraction of sp³-hybridized carbons (Fsp3) is 0.250. The van der Waals surface area contributed by atoms with Gasteiger partial charge in [-0.3, -0.25) is 0 Å². The molecule has 1 atom stereocenters. The third-order valence-electron chi connectivity index (χ3n) is 5.27. The maximum absolute atomic E-state index is 13.1. The van der Waals surface area contributed by atoms with Crippen LogP contribution in [-0.2, 0) is 4.74 Å². The number of carbonyl (C=O) groups is 1. The molecule has 1 aliphatic heterocycles. The zero-order valence-electron chi connectivity index (χ0n) is 16.6. The smallest absolute Gasteiger partial charge is 0.419 e. The zero-order chi connectivity index (χ0) is 20.3. The van der Waals surface area contributed by atoms with Crippen LogP contribution in [0.3, 0.4) is 0 Å². The van der Waals surface area contributed by atoms with Crippen LogP contribution in [0.5, 0.6) is 0 Å². The molecule has 5 nitrogen and oxygen atoms in total. The molecular weight excluding hydrogens is 364 g/mol. The lowest BCUT2D eigenvalue weighted by Crippen LogP contribution is -2.27. The summed E-state index contributed by atoms with van der Waals surface area (Å²) in [6.07, 6.45) is 5.60. The van der Waals surface area contributed by atoms with E-state index in [2.05, 4.69) is 6.08 Å². The number of hydrogen-bond donors (Lipinski definition) is 1. The number of nitrogens with zero attached hydrogens (tertiary/aromatic N) is 2. The van der Waals surface area contributed by atoms with Gasteiger partial charge in [0.2, 0.25) is 0 Å². The van der Waals surface area contributed by atoms with E-state index in [0.29, 0.717) is 0 Å². The highest BCUT2D eigenvalue weighted by Crippen LogP contribution is 2.45. The first-order chi connectivity index (χ1) is 13.9. The molecule has 0 radical (unpaired) electrons. The second-order valence-electron chi connectivity index (χ2n) is 8.47. The van der Waals surface area contributed by atoms with Crippen LogP contribution in [0.25, 0.3) is 27.4 Å². The van der Waals surface area contributed by atoms with Gasteiger partial charge in [-0.1, -0.05) is 30.4 Å². The third kappa shape index (κ3) is 2.73. The Kier molecular flexibility index (Phi) is 3.80. The molecule has 1 unspecified atom stereocenters. The summed E-state index contributed by atoms with van der Waals surface area (Å²) in [6.45, 7) is 5.65. The molecule has 2 heterocycles. The molecule has 29 heavy (non-hydrogen) atoms. The number of para-hydroxylation sites is 1. The van der Waals surface area contributed by atoms with Crippen LogP contribution in [0.4, 0.5) is 10.5 Å². The minimum Gasteiger partial charge on any atom is -0.443 e. The van der Waals surface area contributed by atoms with E-state index < -0.39 is 11.7 Å². The number of aromatic nitrogens is 1. The Morgan fingerprint density at radius 2 is 1.97 bits per heavy atom. The molecule has 1 N–H and O–H groups in total. The summed E-state index contributed by atoms with van der Waals surface area (Å²) >= 11 is 0. The lowest BCUT2D eigenvalue weighted by Gasteiger charge is -2.20. The van der Waals surface area contributed by atoms with Gasteiger partial charge in [0.15, 0.2) is 0 Å². The zero-order valence-corrected chi connectivity index (χ0v) is 16.6. The van der Waals surface area contributed by atoms with Gasteiger partial charge >= 0.3 is 6.09 Å². The molecule has 0 saturated heterocycles. The average Bonchev–Trinajstić information content (AvgIpc) is 3.21. The quantitative estimate of drug-likeness (QED) is 0.623. The van der Waals surface area contributed by atoms with Crippen molar-refractivity contribution in [2.24, 2.45) is 10.9 Å². The molecule has 5 rings (SSSR count). The molecule has 2 aromatic carbocycles. The monoisotopic (exact) mass is 386 g/mol. The summed E-state index contributed by atoms with van der Waals surface area (Å²) in [5.74, 6) is -0.0376. The van der Waals surface area contributed by atoms with Gasteiger partial charge < -0.3 is 9.84 Å². The molecule has 0 spiro atoms. The van der Waals surface area contributed by atoms with E-state index in [4.69, 9.17) is 9.73 Å². The van der Waals surface area contributed by atoms with Crippen LogP contribution in [-0.4, -0.2) is 33.7 Å².